The van der Waals surface area contributed by atoms with E-state index in [1.54, 1.807) is 19.1 Å². The van der Waals surface area contributed by atoms with Gasteiger partial charge in [0.25, 0.3) is 0 Å². The van der Waals surface area contributed by atoms with E-state index in [2.05, 4.69) is 15.3 Å². The highest BCUT2D eigenvalue weighted by Gasteiger charge is 2.33. The van der Waals surface area contributed by atoms with Crippen molar-refractivity contribution in [2.24, 2.45) is 0 Å². The molecule has 0 aliphatic carbocycles. The Labute approximate surface area is 212 Å². The van der Waals surface area contributed by atoms with Gasteiger partial charge in [0.2, 0.25) is 16.4 Å². The Hall–Kier alpha value is -3.38. The van der Waals surface area contributed by atoms with Gasteiger partial charge in [-0.05, 0) is 74.7 Å². The Bertz CT molecular complexity index is 1320. The fourth-order valence-electron chi connectivity index (χ4n) is 3.88. The highest BCUT2D eigenvalue weighted by Crippen LogP contribution is 2.29. The van der Waals surface area contributed by atoms with Crippen LogP contribution in [-0.4, -0.2) is 41.7 Å². The fourth-order valence-corrected chi connectivity index (χ4v) is 5.58. The van der Waals surface area contributed by atoms with Crippen molar-refractivity contribution in [3.05, 3.63) is 77.6 Å². The third kappa shape index (κ3) is 7.32. The number of rotatable bonds is 6. The van der Waals surface area contributed by atoms with Gasteiger partial charge < -0.3 is 5.32 Å². The lowest BCUT2D eigenvalue weighted by molar-refractivity contribution is -0.141. The summed E-state index contributed by atoms with van der Waals surface area (Å²) in [5, 5.41) is 2.49. The normalized spacial score (nSPS) is 16.1. The maximum Gasteiger partial charge on any atom is 0.433 e. The van der Waals surface area contributed by atoms with Crippen LogP contribution in [0, 0.1) is 12.7 Å². The Balaban J connectivity index is 0.000000213. The molecule has 0 saturated carbocycles. The monoisotopic (exact) mass is 538 g/mol. The average Bonchev–Trinajstić information content (AvgIpc) is 3.29. The molecule has 1 aliphatic heterocycles. The summed E-state index contributed by atoms with van der Waals surface area (Å²) in [6.45, 7) is 4.48. The molecule has 0 radical (unpaired) electrons. The summed E-state index contributed by atoms with van der Waals surface area (Å²) in [6, 6.07) is 10.8. The van der Waals surface area contributed by atoms with E-state index >= 15 is 0 Å². The van der Waals surface area contributed by atoms with Crippen LogP contribution >= 0.6 is 0 Å². The number of pyridine rings is 2. The molecular formula is C25H26F4N4O3S. The molecule has 1 amide bonds. The minimum atomic E-state index is -4.45. The predicted molar refractivity (Wildman–Crippen MR) is 129 cm³/mol. The predicted octanol–water partition coefficient (Wildman–Crippen LogP) is 4.72. The number of hydrogen-bond donors (Lipinski definition) is 1. The van der Waals surface area contributed by atoms with Crippen LogP contribution in [0.1, 0.15) is 36.8 Å². The number of nitrogens with zero attached hydrogens (tertiary/aromatic N) is 3. The third-order valence-electron chi connectivity index (χ3n) is 5.67. The molecule has 7 nitrogen and oxygen atoms in total. The van der Waals surface area contributed by atoms with E-state index < -0.39 is 27.7 Å². The highest BCUT2D eigenvalue weighted by atomic mass is 32.2. The lowest BCUT2D eigenvalue weighted by Crippen LogP contribution is -2.33. The molecule has 1 aromatic carbocycles. The quantitative estimate of drug-likeness (QED) is 0.362. The zero-order chi connectivity index (χ0) is 27.2. The lowest BCUT2D eigenvalue weighted by atomic mass is 10.1. The van der Waals surface area contributed by atoms with Crippen LogP contribution in [0.5, 0.6) is 0 Å². The van der Waals surface area contributed by atoms with E-state index in [9.17, 15) is 30.8 Å². The van der Waals surface area contributed by atoms with E-state index in [1.165, 1.54) is 40.8 Å². The van der Waals surface area contributed by atoms with Crippen LogP contribution in [0.3, 0.4) is 0 Å². The maximum atomic E-state index is 12.7. The molecule has 1 saturated heterocycles. The van der Waals surface area contributed by atoms with Gasteiger partial charge in [0.05, 0.1) is 17.1 Å². The molecule has 12 heteroatoms. The topological polar surface area (TPSA) is 92.3 Å². The molecule has 3 heterocycles. The first-order valence-corrected chi connectivity index (χ1v) is 12.8. The molecule has 1 aliphatic rings. The van der Waals surface area contributed by atoms with Crippen molar-refractivity contribution in [1.29, 1.82) is 0 Å². The molecule has 1 unspecified atom stereocenters. The standard InChI is InChI=1S/C14H12F3N3O.C11H14FNO2S/c1-9-4-11(5-12(20-9)7-18-8-21)10-2-3-13(19-6-10)14(15,16)17;1-9-3-2-8-13(9)16(14,15)11-6-4-10(12)5-7-11/h2-6,8H,7H2,1H3,(H,18,21);4-7,9H,2-3,8H2,1H3. The largest absolute Gasteiger partial charge is 0.433 e. The minimum Gasteiger partial charge on any atom is -0.353 e. The summed E-state index contributed by atoms with van der Waals surface area (Å²) in [4.78, 5) is 18.1. The second-order valence-electron chi connectivity index (χ2n) is 8.48. The number of nitrogens with one attached hydrogen (secondary N) is 1. The Kier molecular flexibility index (Phi) is 8.98. The van der Waals surface area contributed by atoms with Gasteiger partial charge in [-0.3, -0.25) is 14.8 Å². The van der Waals surface area contributed by atoms with Crippen molar-refractivity contribution in [2.75, 3.05) is 6.54 Å². The molecule has 198 valence electrons. The molecule has 4 rings (SSSR count). The number of aromatic nitrogens is 2. The van der Waals surface area contributed by atoms with Crippen molar-refractivity contribution < 1.29 is 30.8 Å². The lowest BCUT2D eigenvalue weighted by Gasteiger charge is -2.20. The smallest absolute Gasteiger partial charge is 0.353 e. The van der Waals surface area contributed by atoms with Crippen molar-refractivity contribution >= 4 is 16.4 Å². The number of alkyl halides is 3. The Morgan fingerprint density at radius 1 is 1.11 bits per heavy atom. The van der Waals surface area contributed by atoms with Crippen LogP contribution in [-0.2, 0) is 27.5 Å². The van der Waals surface area contributed by atoms with Crippen LogP contribution in [0.25, 0.3) is 11.1 Å². The number of aryl methyl sites for hydroxylation is 1. The first-order valence-electron chi connectivity index (χ1n) is 11.4. The number of hydrogen-bond acceptors (Lipinski definition) is 5. The molecule has 1 fully saturated rings. The van der Waals surface area contributed by atoms with Gasteiger partial charge in [0, 0.05) is 30.0 Å². The summed E-state index contributed by atoms with van der Waals surface area (Å²) in [5.41, 5.74) is 1.65. The maximum absolute atomic E-state index is 12.7. The van der Waals surface area contributed by atoms with Crippen molar-refractivity contribution in [3.8, 4) is 11.1 Å². The average molecular weight is 539 g/mol. The minimum absolute atomic E-state index is 0.0371. The molecule has 1 N–H and O–H groups in total. The second kappa shape index (κ2) is 11.8. The zero-order valence-corrected chi connectivity index (χ0v) is 21.0. The highest BCUT2D eigenvalue weighted by molar-refractivity contribution is 7.89. The van der Waals surface area contributed by atoms with Crippen LogP contribution in [0.4, 0.5) is 17.6 Å². The summed E-state index contributed by atoms with van der Waals surface area (Å²) >= 11 is 0. The number of carbonyl (C=O) groups excluding carboxylic acids is 1. The van der Waals surface area contributed by atoms with Gasteiger partial charge in [-0.2, -0.15) is 17.5 Å². The van der Waals surface area contributed by atoms with E-state index in [1.807, 2.05) is 6.92 Å². The van der Waals surface area contributed by atoms with Crippen LogP contribution in [0.15, 0.2) is 59.6 Å². The Morgan fingerprint density at radius 2 is 1.81 bits per heavy atom. The number of carbonyl (C=O) groups is 1. The first kappa shape index (κ1) is 28.2. The van der Waals surface area contributed by atoms with Crippen molar-refractivity contribution in [3.63, 3.8) is 0 Å². The van der Waals surface area contributed by atoms with Gasteiger partial charge in [-0.15, -0.1) is 0 Å². The zero-order valence-electron chi connectivity index (χ0n) is 20.2. The first-order chi connectivity index (χ1) is 17.4. The van der Waals surface area contributed by atoms with Gasteiger partial charge in [0.15, 0.2) is 0 Å². The summed E-state index contributed by atoms with van der Waals surface area (Å²) in [5.74, 6) is -0.423. The van der Waals surface area contributed by atoms with Gasteiger partial charge in [0.1, 0.15) is 11.5 Å². The molecule has 2 aromatic heterocycles. The number of amides is 1. The molecule has 0 bridgehead atoms. The van der Waals surface area contributed by atoms with E-state index in [4.69, 9.17) is 0 Å². The second-order valence-corrected chi connectivity index (χ2v) is 10.4. The molecule has 1 atom stereocenters. The van der Waals surface area contributed by atoms with Crippen LogP contribution < -0.4 is 5.32 Å². The Morgan fingerprint density at radius 3 is 2.35 bits per heavy atom. The summed E-state index contributed by atoms with van der Waals surface area (Å²) < 4.78 is 76.0. The fraction of sp³-hybridized carbons (Fsp3) is 0.320. The van der Waals surface area contributed by atoms with Gasteiger partial charge in [-0.1, -0.05) is 6.07 Å². The summed E-state index contributed by atoms with van der Waals surface area (Å²) in [7, 11) is -3.44. The number of sulfonamides is 1. The van der Waals surface area contributed by atoms with Crippen LogP contribution in [0.2, 0.25) is 0 Å². The number of benzene rings is 1. The van der Waals surface area contributed by atoms with Gasteiger partial charge in [-0.25, -0.2) is 12.8 Å². The van der Waals surface area contributed by atoms with Crippen molar-refractivity contribution in [1.82, 2.24) is 19.6 Å². The molecule has 0 spiro atoms. The van der Waals surface area contributed by atoms with E-state index in [0.717, 1.165) is 18.9 Å². The molecule has 37 heavy (non-hydrogen) atoms. The molecular weight excluding hydrogens is 512 g/mol. The van der Waals surface area contributed by atoms with Gasteiger partial charge >= 0.3 is 6.18 Å². The van der Waals surface area contributed by atoms with E-state index in [0.29, 0.717) is 35.5 Å². The summed E-state index contributed by atoms with van der Waals surface area (Å²) in [6.07, 6.45) is -0.939. The van der Waals surface area contributed by atoms with E-state index in [-0.39, 0.29) is 17.5 Å². The third-order valence-corrected chi connectivity index (χ3v) is 7.70. The number of halogens is 4. The SMILES string of the molecule is CC1CCCN1S(=O)(=O)c1ccc(F)cc1.Cc1cc(-c2ccc(C(F)(F)F)nc2)cc(CNC=O)n1. The van der Waals surface area contributed by atoms with Crippen molar-refractivity contribution in [2.45, 2.75) is 50.3 Å². The molecule has 3 aromatic rings.